The number of aliphatic imine (C=N–C) groups is 1. The van der Waals surface area contributed by atoms with Gasteiger partial charge in [-0.15, -0.1) is 35.7 Å². The van der Waals surface area contributed by atoms with Crippen molar-refractivity contribution in [2.24, 2.45) is 4.99 Å². The second kappa shape index (κ2) is 14.5. The van der Waals surface area contributed by atoms with Gasteiger partial charge in [-0.3, -0.25) is 9.79 Å². The molecule has 0 saturated carbocycles. The van der Waals surface area contributed by atoms with E-state index in [4.69, 9.17) is 11.6 Å². The van der Waals surface area contributed by atoms with Gasteiger partial charge >= 0.3 is 0 Å². The first-order valence-corrected chi connectivity index (χ1v) is 11.1. The molecule has 0 spiro atoms. The Morgan fingerprint density at radius 2 is 1.87 bits per heavy atom. The summed E-state index contributed by atoms with van der Waals surface area (Å²) in [5, 5.41) is 7.39. The van der Waals surface area contributed by atoms with Crippen molar-refractivity contribution in [1.82, 2.24) is 15.5 Å². The Hall–Kier alpha value is -1.45. The van der Waals surface area contributed by atoms with E-state index in [1.165, 1.54) is 4.90 Å². The molecule has 2 rings (SSSR count). The molecule has 0 atom stereocenters. The van der Waals surface area contributed by atoms with Crippen molar-refractivity contribution in [2.75, 3.05) is 39.5 Å². The van der Waals surface area contributed by atoms with Gasteiger partial charge in [0.25, 0.3) is 5.91 Å². The minimum atomic E-state index is 0. The molecule has 0 aliphatic heterocycles. The standard InChI is InChI=1S/C22H29ClN4OS.HI/c1-4-24-22(26-14-15-29-20-10-8-19(23)9-11-20)25-13-12-17-6-5-7-18(16-17)21(28)27(2)3;/h5-11,16H,4,12-15H2,1-3H3,(H2,24,25,26);1H. The molecule has 0 saturated heterocycles. The number of halogens is 2. The van der Waals surface area contributed by atoms with Crippen LogP contribution >= 0.6 is 47.3 Å². The van der Waals surface area contributed by atoms with Crippen LogP contribution < -0.4 is 10.6 Å². The van der Waals surface area contributed by atoms with Gasteiger partial charge in [-0.05, 0) is 55.3 Å². The predicted octanol–water partition coefficient (Wildman–Crippen LogP) is 4.55. The van der Waals surface area contributed by atoms with E-state index < -0.39 is 0 Å². The van der Waals surface area contributed by atoms with Gasteiger partial charge in [0.15, 0.2) is 5.96 Å². The molecule has 2 aromatic carbocycles. The summed E-state index contributed by atoms with van der Waals surface area (Å²) in [6, 6.07) is 15.6. The molecule has 0 aliphatic rings. The maximum Gasteiger partial charge on any atom is 0.253 e. The van der Waals surface area contributed by atoms with Gasteiger partial charge in [-0.1, -0.05) is 23.7 Å². The highest BCUT2D eigenvalue weighted by atomic mass is 127. The predicted molar refractivity (Wildman–Crippen MR) is 140 cm³/mol. The lowest BCUT2D eigenvalue weighted by Gasteiger charge is -2.12. The number of carbonyl (C=O) groups is 1. The zero-order chi connectivity index (χ0) is 21.1. The highest BCUT2D eigenvalue weighted by molar-refractivity contribution is 14.0. The van der Waals surface area contributed by atoms with E-state index in [1.54, 1.807) is 30.8 Å². The number of nitrogens with zero attached hydrogens (tertiary/aromatic N) is 2. The van der Waals surface area contributed by atoms with Gasteiger partial charge < -0.3 is 15.5 Å². The number of carbonyl (C=O) groups excluding carboxylic acids is 1. The number of hydrogen-bond acceptors (Lipinski definition) is 3. The van der Waals surface area contributed by atoms with Crippen LogP contribution in [0.4, 0.5) is 0 Å². The van der Waals surface area contributed by atoms with Crippen LogP contribution in [0.25, 0.3) is 0 Å². The summed E-state index contributed by atoms with van der Waals surface area (Å²) in [5.41, 5.74) is 1.82. The summed E-state index contributed by atoms with van der Waals surface area (Å²) in [6.45, 7) is 4.32. The van der Waals surface area contributed by atoms with Crippen LogP contribution in [0.5, 0.6) is 0 Å². The fraction of sp³-hybridized carbons (Fsp3) is 0.364. The highest BCUT2D eigenvalue weighted by Gasteiger charge is 2.08. The molecule has 0 unspecified atom stereocenters. The first-order valence-electron chi connectivity index (χ1n) is 9.70. The number of guanidine groups is 1. The molecule has 1 amide bonds. The molecule has 0 aliphatic carbocycles. The van der Waals surface area contributed by atoms with E-state index in [1.807, 2.05) is 48.5 Å². The number of nitrogens with one attached hydrogen (secondary N) is 2. The minimum Gasteiger partial charge on any atom is -0.357 e. The highest BCUT2D eigenvalue weighted by Crippen LogP contribution is 2.19. The average Bonchev–Trinajstić information content (AvgIpc) is 2.72. The molecule has 0 heterocycles. The third kappa shape index (κ3) is 9.57. The monoisotopic (exact) mass is 560 g/mol. The van der Waals surface area contributed by atoms with Gasteiger partial charge in [0.1, 0.15) is 0 Å². The Balaban J connectivity index is 0.00000450. The van der Waals surface area contributed by atoms with E-state index in [2.05, 4.69) is 22.5 Å². The van der Waals surface area contributed by atoms with Crippen LogP contribution in [0.15, 0.2) is 58.4 Å². The maximum absolute atomic E-state index is 12.1. The smallest absolute Gasteiger partial charge is 0.253 e. The molecule has 0 aromatic heterocycles. The Morgan fingerprint density at radius 3 is 2.53 bits per heavy atom. The van der Waals surface area contributed by atoms with Crippen molar-refractivity contribution < 1.29 is 4.79 Å². The fourth-order valence-corrected chi connectivity index (χ4v) is 3.52. The third-order valence-corrected chi connectivity index (χ3v) is 5.34. The lowest BCUT2D eigenvalue weighted by atomic mass is 10.1. The summed E-state index contributed by atoms with van der Waals surface area (Å²) in [7, 11) is 3.53. The van der Waals surface area contributed by atoms with Crippen molar-refractivity contribution >= 4 is 59.2 Å². The lowest BCUT2D eigenvalue weighted by Crippen LogP contribution is -2.38. The number of benzene rings is 2. The van der Waals surface area contributed by atoms with Crippen LogP contribution in [-0.2, 0) is 6.42 Å². The largest absolute Gasteiger partial charge is 0.357 e. The number of hydrogen-bond donors (Lipinski definition) is 2. The van der Waals surface area contributed by atoms with Crippen molar-refractivity contribution in [3.63, 3.8) is 0 Å². The van der Waals surface area contributed by atoms with Crippen molar-refractivity contribution in [2.45, 2.75) is 18.2 Å². The van der Waals surface area contributed by atoms with Crippen LogP contribution in [0, 0.1) is 0 Å². The lowest BCUT2D eigenvalue weighted by molar-refractivity contribution is 0.0827. The zero-order valence-electron chi connectivity index (χ0n) is 17.7. The molecule has 5 nitrogen and oxygen atoms in total. The minimum absolute atomic E-state index is 0. The molecule has 0 radical (unpaired) electrons. The van der Waals surface area contributed by atoms with Crippen molar-refractivity contribution in [3.8, 4) is 0 Å². The SMILES string of the molecule is CCNC(=NCCc1cccc(C(=O)N(C)C)c1)NCCSc1ccc(Cl)cc1.I. The molecular formula is C22H30ClIN4OS. The summed E-state index contributed by atoms with van der Waals surface area (Å²) < 4.78 is 0. The van der Waals surface area contributed by atoms with Gasteiger partial charge in [0, 0.05) is 55.0 Å². The summed E-state index contributed by atoms with van der Waals surface area (Å²) in [4.78, 5) is 19.5. The topological polar surface area (TPSA) is 56.7 Å². The van der Waals surface area contributed by atoms with E-state index in [-0.39, 0.29) is 29.9 Å². The fourth-order valence-electron chi connectivity index (χ4n) is 2.63. The van der Waals surface area contributed by atoms with Crippen LogP contribution in [0.3, 0.4) is 0 Å². The Bertz CT molecular complexity index is 815. The molecule has 8 heteroatoms. The Morgan fingerprint density at radius 1 is 1.13 bits per heavy atom. The van der Waals surface area contributed by atoms with E-state index >= 15 is 0 Å². The molecule has 2 N–H and O–H groups in total. The van der Waals surface area contributed by atoms with Crippen molar-refractivity contribution in [1.29, 1.82) is 0 Å². The molecule has 0 bridgehead atoms. The summed E-state index contributed by atoms with van der Waals surface area (Å²) in [5.74, 6) is 1.76. The zero-order valence-corrected chi connectivity index (χ0v) is 21.6. The summed E-state index contributed by atoms with van der Waals surface area (Å²) in [6.07, 6.45) is 0.782. The van der Waals surface area contributed by atoms with E-state index in [0.717, 1.165) is 41.8 Å². The molecule has 0 fully saturated rings. The molecule has 30 heavy (non-hydrogen) atoms. The number of rotatable bonds is 9. The first-order chi connectivity index (χ1) is 14.0. The summed E-state index contributed by atoms with van der Waals surface area (Å²) >= 11 is 7.69. The van der Waals surface area contributed by atoms with Gasteiger partial charge in [0.2, 0.25) is 0 Å². The van der Waals surface area contributed by atoms with E-state index in [9.17, 15) is 4.79 Å². The van der Waals surface area contributed by atoms with Crippen LogP contribution in [0.1, 0.15) is 22.8 Å². The Labute approximate surface area is 206 Å². The normalized spacial score (nSPS) is 10.9. The van der Waals surface area contributed by atoms with Gasteiger partial charge in [0.05, 0.1) is 0 Å². The molecule has 2 aromatic rings. The van der Waals surface area contributed by atoms with Crippen molar-refractivity contribution in [3.05, 3.63) is 64.7 Å². The first kappa shape index (κ1) is 26.6. The quantitative estimate of drug-likeness (QED) is 0.155. The second-order valence-electron chi connectivity index (χ2n) is 6.64. The average molecular weight is 561 g/mol. The Kier molecular flexibility index (Phi) is 12.9. The van der Waals surface area contributed by atoms with Crippen LogP contribution in [-0.4, -0.2) is 56.2 Å². The van der Waals surface area contributed by atoms with Gasteiger partial charge in [-0.25, -0.2) is 0 Å². The van der Waals surface area contributed by atoms with E-state index in [0.29, 0.717) is 12.1 Å². The number of amides is 1. The third-order valence-electron chi connectivity index (χ3n) is 4.07. The molecule has 164 valence electrons. The molecular weight excluding hydrogens is 531 g/mol. The van der Waals surface area contributed by atoms with Crippen LogP contribution in [0.2, 0.25) is 5.02 Å². The second-order valence-corrected chi connectivity index (χ2v) is 8.24. The number of thioether (sulfide) groups is 1. The maximum atomic E-state index is 12.1. The van der Waals surface area contributed by atoms with Gasteiger partial charge in [-0.2, -0.15) is 0 Å².